The molecule has 1 fully saturated rings. The van der Waals surface area contributed by atoms with Crippen molar-refractivity contribution in [3.05, 3.63) is 12.4 Å². The first-order valence-corrected chi connectivity index (χ1v) is 7.97. The van der Waals surface area contributed by atoms with Crippen LogP contribution in [-0.4, -0.2) is 50.3 Å². The molecule has 2 atom stereocenters. The van der Waals surface area contributed by atoms with E-state index in [1.165, 1.54) is 12.5 Å². The summed E-state index contributed by atoms with van der Waals surface area (Å²) in [6.45, 7) is 4.22. The summed E-state index contributed by atoms with van der Waals surface area (Å²) in [5, 5.41) is 7.55. The highest BCUT2D eigenvalue weighted by atomic mass is 32.2. The van der Waals surface area contributed by atoms with E-state index in [0.29, 0.717) is 6.61 Å². The van der Waals surface area contributed by atoms with Crippen LogP contribution in [0, 0.1) is 0 Å². The number of likely N-dealkylation sites (N-methyl/N-ethyl adjacent to an activating group) is 1. The second-order valence-electron chi connectivity index (χ2n) is 4.52. The third-order valence-corrected chi connectivity index (χ3v) is 4.21. The average Bonchev–Trinajstić information content (AvgIpc) is 2.79. The normalized spacial score (nSPS) is 25.2. The lowest BCUT2D eigenvalue weighted by atomic mass is 10.0. The number of nitrogens with one attached hydrogen (secondary N) is 1. The van der Waals surface area contributed by atoms with E-state index in [9.17, 15) is 8.42 Å². The Morgan fingerprint density at radius 1 is 1.61 bits per heavy atom. The number of hydrogen-bond acceptors (Lipinski definition) is 5. The summed E-state index contributed by atoms with van der Waals surface area (Å²) in [4.78, 5) is 0.253. The van der Waals surface area contributed by atoms with Crippen LogP contribution >= 0.6 is 0 Å². The molecule has 2 unspecified atom stereocenters. The Labute approximate surface area is 107 Å². The maximum atomic E-state index is 11.4. The van der Waals surface area contributed by atoms with Gasteiger partial charge in [-0.2, -0.15) is 5.10 Å². The zero-order valence-corrected chi connectivity index (χ0v) is 11.5. The molecule has 7 heteroatoms. The highest BCUT2D eigenvalue weighted by molar-refractivity contribution is 7.90. The SMILES string of the molecule is CCNC1CCOCC1n1cc(S(C)(=O)=O)cn1. The van der Waals surface area contributed by atoms with Gasteiger partial charge in [-0.25, -0.2) is 8.42 Å². The molecule has 1 aliphatic rings. The van der Waals surface area contributed by atoms with Gasteiger partial charge in [-0.15, -0.1) is 0 Å². The lowest BCUT2D eigenvalue weighted by Gasteiger charge is -2.32. The van der Waals surface area contributed by atoms with Crippen LogP contribution in [0.25, 0.3) is 0 Å². The zero-order valence-electron chi connectivity index (χ0n) is 10.7. The summed E-state index contributed by atoms with van der Waals surface area (Å²) in [7, 11) is -3.19. The van der Waals surface area contributed by atoms with Gasteiger partial charge in [-0.1, -0.05) is 6.92 Å². The summed E-state index contributed by atoms with van der Waals surface area (Å²) in [6.07, 6.45) is 5.08. The van der Waals surface area contributed by atoms with E-state index < -0.39 is 9.84 Å². The van der Waals surface area contributed by atoms with Gasteiger partial charge in [0, 0.05) is 25.1 Å². The van der Waals surface area contributed by atoms with Crippen LogP contribution < -0.4 is 5.32 Å². The fraction of sp³-hybridized carbons (Fsp3) is 0.727. The van der Waals surface area contributed by atoms with Crippen LogP contribution in [-0.2, 0) is 14.6 Å². The fourth-order valence-corrected chi connectivity index (χ4v) is 2.72. The van der Waals surface area contributed by atoms with Gasteiger partial charge in [0.2, 0.25) is 0 Å². The predicted molar refractivity (Wildman–Crippen MR) is 67.3 cm³/mol. The van der Waals surface area contributed by atoms with Crippen molar-refractivity contribution in [2.45, 2.75) is 30.3 Å². The molecule has 1 N–H and O–H groups in total. The summed E-state index contributed by atoms with van der Waals surface area (Å²) in [5.74, 6) is 0. The lowest BCUT2D eigenvalue weighted by Crippen LogP contribution is -2.44. The maximum absolute atomic E-state index is 11.4. The van der Waals surface area contributed by atoms with E-state index in [2.05, 4.69) is 17.3 Å². The van der Waals surface area contributed by atoms with Gasteiger partial charge < -0.3 is 10.1 Å². The summed E-state index contributed by atoms with van der Waals surface area (Å²) >= 11 is 0. The number of ether oxygens (including phenoxy) is 1. The molecule has 1 saturated heterocycles. The third kappa shape index (κ3) is 2.90. The molecule has 0 aromatic carbocycles. The van der Waals surface area contributed by atoms with Crippen molar-refractivity contribution in [1.29, 1.82) is 0 Å². The van der Waals surface area contributed by atoms with E-state index >= 15 is 0 Å². The zero-order chi connectivity index (χ0) is 13.2. The molecular weight excluding hydrogens is 254 g/mol. The highest BCUT2D eigenvalue weighted by Gasteiger charge is 2.27. The summed E-state index contributed by atoms with van der Waals surface area (Å²) < 4.78 is 30.0. The van der Waals surface area contributed by atoms with Crippen molar-refractivity contribution < 1.29 is 13.2 Å². The molecule has 102 valence electrons. The topological polar surface area (TPSA) is 73.2 Å². The Morgan fingerprint density at radius 2 is 2.39 bits per heavy atom. The Balaban J connectivity index is 2.21. The Bertz CT molecular complexity index is 495. The molecule has 6 nitrogen and oxygen atoms in total. The first-order valence-electron chi connectivity index (χ1n) is 6.07. The molecular formula is C11H19N3O3S. The molecule has 0 radical (unpaired) electrons. The van der Waals surface area contributed by atoms with E-state index in [1.807, 2.05) is 0 Å². The first-order chi connectivity index (χ1) is 8.52. The van der Waals surface area contributed by atoms with Crippen LogP contribution in [0.1, 0.15) is 19.4 Å². The van der Waals surface area contributed by atoms with Gasteiger partial charge in [-0.3, -0.25) is 4.68 Å². The number of hydrogen-bond donors (Lipinski definition) is 1. The summed E-state index contributed by atoms with van der Waals surface area (Å²) in [6, 6.07) is 0.324. The molecule has 1 aromatic heterocycles. The van der Waals surface area contributed by atoms with Crippen LogP contribution in [0.4, 0.5) is 0 Å². The third-order valence-electron chi connectivity index (χ3n) is 3.14. The van der Waals surface area contributed by atoms with Crippen LogP contribution in [0.5, 0.6) is 0 Å². The second kappa shape index (κ2) is 5.38. The largest absolute Gasteiger partial charge is 0.379 e. The van der Waals surface area contributed by atoms with Crippen molar-refractivity contribution in [2.24, 2.45) is 0 Å². The number of nitrogens with zero attached hydrogens (tertiary/aromatic N) is 2. The maximum Gasteiger partial charge on any atom is 0.178 e. The molecule has 0 spiro atoms. The van der Waals surface area contributed by atoms with Gasteiger partial charge in [0.25, 0.3) is 0 Å². The molecule has 0 amide bonds. The molecule has 18 heavy (non-hydrogen) atoms. The lowest BCUT2D eigenvalue weighted by molar-refractivity contribution is 0.0330. The van der Waals surface area contributed by atoms with E-state index in [0.717, 1.165) is 19.6 Å². The van der Waals surface area contributed by atoms with Crippen molar-refractivity contribution in [2.75, 3.05) is 26.0 Å². The Morgan fingerprint density at radius 3 is 3.00 bits per heavy atom. The summed E-state index contributed by atoms with van der Waals surface area (Å²) in [5.41, 5.74) is 0. The molecule has 0 saturated carbocycles. The minimum absolute atomic E-state index is 0.0502. The molecule has 0 aliphatic carbocycles. The predicted octanol–water partition coefficient (Wildman–Crippen LogP) is 0.226. The van der Waals surface area contributed by atoms with Gasteiger partial charge >= 0.3 is 0 Å². The van der Waals surface area contributed by atoms with Crippen molar-refractivity contribution in [1.82, 2.24) is 15.1 Å². The van der Waals surface area contributed by atoms with Gasteiger partial charge in [0.05, 0.1) is 18.8 Å². The van der Waals surface area contributed by atoms with E-state index in [1.54, 1.807) is 10.9 Å². The Hall–Kier alpha value is -0.920. The number of sulfone groups is 1. The monoisotopic (exact) mass is 273 g/mol. The van der Waals surface area contributed by atoms with Crippen LogP contribution in [0.2, 0.25) is 0 Å². The molecule has 0 bridgehead atoms. The highest BCUT2D eigenvalue weighted by Crippen LogP contribution is 2.21. The minimum atomic E-state index is -3.19. The van der Waals surface area contributed by atoms with E-state index in [4.69, 9.17) is 4.74 Å². The second-order valence-corrected chi connectivity index (χ2v) is 6.54. The van der Waals surface area contributed by atoms with Gasteiger partial charge in [0.15, 0.2) is 9.84 Å². The standard InChI is InChI=1S/C11H19N3O3S/c1-3-12-10-4-5-17-8-11(10)14-7-9(6-13-14)18(2,15)16/h6-7,10-12H,3-5,8H2,1-2H3. The van der Waals surface area contributed by atoms with E-state index in [-0.39, 0.29) is 17.0 Å². The minimum Gasteiger partial charge on any atom is -0.379 e. The van der Waals surface area contributed by atoms with Crippen molar-refractivity contribution >= 4 is 9.84 Å². The van der Waals surface area contributed by atoms with Crippen molar-refractivity contribution in [3.63, 3.8) is 0 Å². The smallest absolute Gasteiger partial charge is 0.178 e. The molecule has 1 aromatic rings. The molecule has 2 heterocycles. The van der Waals surface area contributed by atoms with Gasteiger partial charge in [0.1, 0.15) is 4.90 Å². The molecule has 2 rings (SSSR count). The quantitative estimate of drug-likeness (QED) is 0.850. The number of aromatic nitrogens is 2. The van der Waals surface area contributed by atoms with Gasteiger partial charge in [-0.05, 0) is 13.0 Å². The van der Waals surface area contributed by atoms with Crippen LogP contribution in [0.15, 0.2) is 17.3 Å². The first kappa shape index (κ1) is 13.5. The Kier molecular flexibility index (Phi) is 4.04. The van der Waals surface area contributed by atoms with Crippen molar-refractivity contribution in [3.8, 4) is 0 Å². The fourth-order valence-electron chi connectivity index (χ4n) is 2.18. The average molecular weight is 273 g/mol. The van der Waals surface area contributed by atoms with Crippen LogP contribution in [0.3, 0.4) is 0 Å². The number of rotatable bonds is 4. The molecule has 1 aliphatic heterocycles.